The van der Waals surface area contributed by atoms with E-state index in [4.69, 9.17) is 0 Å². The maximum atomic E-state index is 4.09. The molecule has 0 bridgehead atoms. The predicted molar refractivity (Wildman–Crippen MR) is 61.3 cm³/mol. The first-order chi connectivity index (χ1) is 6.22. The standard InChI is InChI=1S/C12H17N/c1-5-7-8-11(3)12(4)9-10-13-6-2/h5,7-10H,1,3,6H2,2,4H3/b8-7-,12-9+,13-10?. The van der Waals surface area contributed by atoms with E-state index in [9.17, 15) is 0 Å². The van der Waals surface area contributed by atoms with E-state index in [0.717, 1.165) is 17.7 Å². The van der Waals surface area contributed by atoms with E-state index < -0.39 is 0 Å². The molecule has 0 saturated carbocycles. The van der Waals surface area contributed by atoms with Crippen LogP contribution < -0.4 is 0 Å². The van der Waals surface area contributed by atoms with Gasteiger partial charge in [-0.2, -0.15) is 0 Å². The van der Waals surface area contributed by atoms with Crippen molar-refractivity contribution in [3.05, 3.63) is 48.6 Å². The second kappa shape index (κ2) is 7.29. The first-order valence-corrected chi connectivity index (χ1v) is 4.37. The lowest BCUT2D eigenvalue weighted by atomic mass is 10.1. The van der Waals surface area contributed by atoms with E-state index in [1.165, 1.54) is 0 Å². The zero-order valence-corrected chi connectivity index (χ0v) is 8.46. The lowest BCUT2D eigenvalue weighted by Crippen LogP contribution is -1.80. The van der Waals surface area contributed by atoms with Gasteiger partial charge in [-0.15, -0.1) is 0 Å². The van der Waals surface area contributed by atoms with Crippen molar-refractivity contribution in [1.29, 1.82) is 0 Å². The molecule has 0 N–H and O–H groups in total. The predicted octanol–water partition coefficient (Wildman–Crippen LogP) is 3.32. The fourth-order valence-corrected chi connectivity index (χ4v) is 0.693. The number of aliphatic imine (C=N–C) groups is 1. The van der Waals surface area contributed by atoms with Crippen molar-refractivity contribution in [2.24, 2.45) is 4.99 Å². The van der Waals surface area contributed by atoms with Gasteiger partial charge >= 0.3 is 0 Å². The quantitative estimate of drug-likeness (QED) is 0.449. The summed E-state index contributed by atoms with van der Waals surface area (Å²) in [6.07, 6.45) is 9.30. The maximum absolute atomic E-state index is 4.09. The average molecular weight is 175 g/mol. The van der Waals surface area contributed by atoms with Crippen LogP contribution in [-0.2, 0) is 0 Å². The molecule has 0 rings (SSSR count). The molecular formula is C12H17N. The van der Waals surface area contributed by atoms with Crippen LogP contribution in [0.3, 0.4) is 0 Å². The van der Waals surface area contributed by atoms with E-state index in [1.54, 1.807) is 6.08 Å². The van der Waals surface area contributed by atoms with Crippen LogP contribution in [0.25, 0.3) is 0 Å². The Morgan fingerprint density at radius 3 is 2.69 bits per heavy atom. The monoisotopic (exact) mass is 175 g/mol. The molecule has 0 aliphatic carbocycles. The van der Waals surface area contributed by atoms with Crippen LogP contribution in [0.2, 0.25) is 0 Å². The third kappa shape index (κ3) is 5.85. The molecule has 0 aromatic carbocycles. The molecule has 13 heavy (non-hydrogen) atoms. The summed E-state index contributed by atoms with van der Waals surface area (Å²) < 4.78 is 0. The van der Waals surface area contributed by atoms with Crippen LogP contribution in [-0.4, -0.2) is 12.8 Å². The zero-order chi connectivity index (χ0) is 10.1. The van der Waals surface area contributed by atoms with Gasteiger partial charge in [-0.3, -0.25) is 4.99 Å². The van der Waals surface area contributed by atoms with Crippen molar-refractivity contribution in [1.82, 2.24) is 0 Å². The van der Waals surface area contributed by atoms with Gasteiger partial charge in [-0.25, -0.2) is 0 Å². The van der Waals surface area contributed by atoms with Crippen LogP contribution in [0.15, 0.2) is 53.6 Å². The Labute approximate surface area is 80.9 Å². The first-order valence-electron chi connectivity index (χ1n) is 4.37. The molecule has 1 nitrogen and oxygen atoms in total. The molecule has 0 amide bonds. The van der Waals surface area contributed by atoms with Crippen LogP contribution in [0.4, 0.5) is 0 Å². The van der Waals surface area contributed by atoms with Crippen molar-refractivity contribution in [2.45, 2.75) is 13.8 Å². The molecule has 0 unspecified atom stereocenters. The average Bonchev–Trinajstić information content (AvgIpc) is 2.14. The van der Waals surface area contributed by atoms with Gasteiger partial charge in [0, 0.05) is 12.8 Å². The topological polar surface area (TPSA) is 12.4 Å². The molecule has 0 heterocycles. The molecule has 0 aromatic heterocycles. The summed E-state index contributed by atoms with van der Waals surface area (Å²) >= 11 is 0. The van der Waals surface area contributed by atoms with Crippen molar-refractivity contribution in [3.8, 4) is 0 Å². The summed E-state index contributed by atoms with van der Waals surface area (Å²) in [5.74, 6) is 0. The molecule has 0 saturated heterocycles. The van der Waals surface area contributed by atoms with Gasteiger partial charge in [-0.1, -0.05) is 31.4 Å². The highest BCUT2D eigenvalue weighted by molar-refractivity contribution is 5.73. The third-order valence-electron chi connectivity index (χ3n) is 1.55. The van der Waals surface area contributed by atoms with Gasteiger partial charge in [0.25, 0.3) is 0 Å². The highest BCUT2D eigenvalue weighted by atomic mass is 14.7. The third-order valence-corrected chi connectivity index (χ3v) is 1.55. The number of allylic oxidation sites excluding steroid dienone is 6. The van der Waals surface area contributed by atoms with Gasteiger partial charge < -0.3 is 0 Å². The molecule has 1 heteroatoms. The second-order valence-electron chi connectivity index (χ2n) is 2.62. The Balaban J connectivity index is 4.24. The number of hydrogen-bond acceptors (Lipinski definition) is 1. The second-order valence-corrected chi connectivity index (χ2v) is 2.62. The molecular weight excluding hydrogens is 158 g/mol. The van der Waals surface area contributed by atoms with E-state index in [-0.39, 0.29) is 0 Å². The summed E-state index contributed by atoms with van der Waals surface area (Å²) in [6.45, 7) is 12.3. The highest BCUT2D eigenvalue weighted by Crippen LogP contribution is 2.06. The molecule has 0 radical (unpaired) electrons. The summed E-state index contributed by atoms with van der Waals surface area (Å²) in [5.41, 5.74) is 2.11. The minimum atomic E-state index is 0.818. The molecule has 0 atom stereocenters. The van der Waals surface area contributed by atoms with Crippen LogP contribution in [0.1, 0.15) is 13.8 Å². The zero-order valence-electron chi connectivity index (χ0n) is 8.46. The number of hydrogen-bond donors (Lipinski definition) is 0. The van der Waals surface area contributed by atoms with E-state index >= 15 is 0 Å². The van der Waals surface area contributed by atoms with Crippen molar-refractivity contribution in [2.75, 3.05) is 6.54 Å². The summed E-state index contributed by atoms with van der Waals surface area (Å²) in [7, 11) is 0. The first kappa shape index (κ1) is 11.6. The minimum absolute atomic E-state index is 0.818. The summed E-state index contributed by atoms with van der Waals surface area (Å²) in [5, 5.41) is 0. The molecule has 0 aromatic rings. The van der Waals surface area contributed by atoms with Crippen LogP contribution in [0.5, 0.6) is 0 Å². The van der Waals surface area contributed by atoms with Gasteiger partial charge in [0.15, 0.2) is 0 Å². The lowest BCUT2D eigenvalue weighted by Gasteiger charge is -1.96. The van der Waals surface area contributed by atoms with Crippen LogP contribution >= 0.6 is 0 Å². The minimum Gasteiger partial charge on any atom is -0.293 e. The van der Waals surface area contributed by atoms with E-state index in [2.05, 4.69) is 18.2 Å². The Morgan fingerprint density at radius 2 is 2.15 bits per heavy atom. The molecule has 70 valence electrons. The van der Waals surface area contributed by atoms with Gasteiger partial charge in [-0.05, 0) is 31.1 Å². The SMILES string of the molecule is C=C/C=C\C(=C)/C(C)=C/C=NCC. The van der Waals surface area contributed by atoms with Crippen molar-refractivity contribution in [3.63, 3.8) is 0 Å². The molecule has 0 aliphatic heterocycles. The molecule has 0 fully saturated rings. The van der Waals surface area contributed by atoms with Gasteiger partial charge in [0.2, 0.25) is 0 Å². The van der Waals surface area contributed by atoms with Crippen molar-refractivity contribution >= 4 is 6.21 Å². The smallest absolute Gasteiger partial charge is 0.0360 e. The largest absolute Gasteiger partial charge is 0.293 e. The highest BCUT2D eigenvalue weighted by Gasteiger charge is 1.88. The van der Waals surface area contributed by atoms with Gasteiger partial charge in [0.1, 0.15) is 0 Å². The Kier molecular flexibility index (Phi) is 6.52. The summed E-state index contributed by atoms with van der Waals surface area (Å²) in [6, 6.07) is 0. The fourth-order valence-electron chi connectivity index (χ4n) is 0.693. The van der Waals surface area contributed by atoms with Crippen LogP contribution in [0, 0.1) is 0 Å². The maximum Gasteiger partial charge on any atom is 0.0360 e. The number of rotatable bonds is 5. The molecule has 0 aliphatic rings. The Hall–Kier alpha value is -1.37. The van der Waals surface area contributed by atoms with Crippen molar-refractivity contribution < 1.29 is 0 Å². The van der Waals surface area contributed by atoms with E-state index in [1.807, 2.05) is 38.3 Å². The summed E-state index contributed by atoms with van der Waals surface area (Å²) in [4.78, 5) is 4.09. The Morgan fingerprint density at radius 1 is 1.46 bits per heavy atom. The van der Waals surface area contributed by atoms with E-state index in [0.29, 0.717) is 0 Å². The molecule has 0 spiro atoms. The number of nitrogens with zero attached hydrogens (tertiary/aromatic N) is 1. The Bertz CT molecular complexity index is 254. The lowest BCUT2D eigenvalue weighted by molar-refractivity contribution is 1.14. The fraction of sp³-hybridized carbons (Fsp3) is 0.250. The van der Waals surface area contributed by atoms with Gasteiger partial charge in [0.05, 0.1) is 0 Å². The normalized spacial score (nSPS) is 12.6.